The summed E-state index contributed by atoms with van der Waals surface area (Å²) in [4.78, 5) is -0.00177. The SMILES string of the molecule is CC(C)(O)CNS(=O)(=O)c1ccc(S(C)(=O)=O)cc1. The molecule has 1 aromatic carbocycles. The second-order valence-electron chi connectivity index (χ2n) is 4.88. The van der Waals surface area contributed by atoms with Gasteiger partial charge >= 0.3 is 0 Å². The van der Waals surface area contributed by atoms with E-state index in [-0.39, 0.29) is 16.3 Å². The summed E-state index contributed by atoms with van der Waals surface area (Å²) >= 11 is 0. The van der Waals surface area contributed by atoms with Crippen LogP contribution in [0.2, 0.25) is 0 Å². The quantitative estimate of drug-likeness (QED) is 0.806. The minimum atomic E-state index is -3.76. The van der Waals surface area contributed by atoms with E-state index in [0.717, 1.165) is 6.26 Å². The van der Waals surface area contributed by atoms with E-state index in [0.29, 0.717) is 0 Å². The molecule has 108 valence electrons. The van der Waals surface area contributed by atoms with Crippen LogP contribution in [0.3, 0.4) is 0 Å². The molecule has 0 fully saturated rings. The number of sulfonamides is 1. The van der Waals surface area contributed by atoms with Crippen LogP contribution in [0.5, 0.6) is 0 Å². The average Bonchev–Trinajstić information content (AvgIpc) is 2.25. The molecule has 0 saturated heterocycles. The van der Waals surface area contributed by atoms with Crippen LogP contribution in [0.15, 0.2) is 34.1 Å². The summed E-state index contributed by atoms with van der Waals surface area (Å²) in [7, 11) is -7.12. The first-order valence-electron chi connectivity index (χ1n) is 5.44. The minimum Gasteiger partial charge on any atom is -0.389 e. The molecule has 1 aromatic rings. The second kappa shape index (κ2) is 5.20. The third kappa shape index (κ3) is 4.90. The zero-order chi connectivity index (χ0) is 14.9. The standard InChI is InChI=1S/C11H17NO5S2/c1-11(2,13)8-12-19(16,17)10-6-4-9(5-7-10)18(3,14)15/h4-7,12-13H,8H2,1-3H3. The lowest BCUT2D eigenvalue weighted by Gasteiger charge is -2.17. The lowest BCUT2D eigenvalue weighted by Crippen LogP contribution is -2.38. The van der Waals surface area contributed by atoms with Crippen molar-refractivity contribution in [1.29, 1.82) is 0 Å². The molecule has 6 nitrogen and oxygen atoms in total. The summed E-state index contributed by atoms with van der Waals surface area (Å²) in [5.74, 6) is 0. The van der Waals surface area contributed by atoms with Gasteiger partial charge in [0.2, 0.25) is 10.0 Å². The number of aliphatic hydroxyl groups is 1. The highest BCUT2D eigenvalue weighted by Crippen LogP contribution is 2.14. The van der Waals surface area contributed by atoms with Crippen molar-refractivity contribution in [3.8, 4) is 0 Å². The Morgan fingerprint density at radius 1 is 1.05 bits per heavy atom. The fourth-order valence-corrected chi connectivity index (χ4v) is 3.06. The molecule has 8 heteroatoms. The highest BCUT2D eigenvalue weighted by atomic mass is 32.2. The Balaban J connectivity index is 2.98. The van der Waals surface area contributed by atoms with Crippen LogP contribution in [0.25, 0.3) is 0 Å². The summed E-state index contributed by atoms with van der Waals surface area (Å²) in [5.41, 5.74) is -1.17. The van der Waals surface area contributed by atoms with Crippen LogP contribution in [0.4, 0.5) is 0 Å². The number of hydrogen-bond donors (Lipinski definition) is 2. The minimum absolute atomic E-state index is 0.0499. The molecule has 0 atom stereocenters. The summed E-state index contributed by atoms with van der Waals surface area (Å²) in [6.45, 7) is 2.81. The monoisotopic (exact) mass is 307 g/mol. The van der Waals surface area contributed by atoms with Gasteiger partial charge in [-0.25, -0.2) is 21.6 Å². The van der Waals surface area contributed by atoms with E-state index in [1.54, 1.807) is 0 Å². The topological polar surface area (TPSA) is 101 Å². The molecule has 0 radical (unpaired) electrons. The van der Waals surface area contributed by atoms with Crippen molar-refractivity contribution >= 4 is 19.9 Å². The number of nitrogens with one attached hydrogen (secondary N) is 1. The molecule has 1 rings (SSSR count). The lowest BCUT2D eigenvalue weighted by molar-refractivity contribution is 0.0857. The molecule has 0 heterocycles. The van der Waals surface area contributed by atoms with Gasteiger partial charge in [-0.3, -0.25) is 0 Å². The lowest BCUT2D eigenvalue weighted by atomic mass is 10.1. The predicted octanol–water partition coefficient (Wildman–Crippen LogP) is 0.139. The van der Waals surface area contributed by atoms with Crippen LogP contribution in [-0.4, -0.2) is 40.3 Å². The molecular formula is C11H17NO5S2. The van der Waals surface area contributed by atoms with E-state index < -0.39 is 25.5 Å². The fourth-order valence-electron chi connectivity index (χ4n) is 1.22. The molecule has 0 unspecified atom stereocenters. The molecule has 19 heavy (non-hydrogen) atoms. The maximum atomic E-state index is 11.9. The van der Waals surface area contributed by atoms with Crippen LogP contribution in [-0.2, 0) is 19.9 Å². The zero-order valence-electron chi connectivity index (χ0n) is 10.9. The summed E-state index contributed by atoms with van der Waals surface area (Å²) < 4.78 is 48.5. The van der Waals surface area contributed by atoms with Gasteiger partial charge in [-0.2, -0.15) is 0 Å². The number of rotatable bonds is 5. The number of benzene rings is 1. The smallest absolute Gasteiger partial charge is 0.240 e. The van der Waals surface area contributed by atoms with Gasteiger partial charge in [0.1, 0.15) is 0 Å². The Hall–Kier alpha value is -0.960. The van der Waals surface area contributed by atoms with E-state index in [2.05, 4.69) is 4.72 Å². The van der Waals surface area contributed by atoms with Crippen LogP contribution >= 0.6 is 0 Å². The van der Waals surface area contributed by atoms with Crippen LogP contribution in [0, 0.1) is 0 Å². The molecule has 0 spiro atoms. The van der Waals surface area contributed by atoms with Crippen molar-refractivity contribution in [3.63, 3.8) is 0 Å². The molecular weight excluding hydrogens is 290 g/mol. The molecule has 0 aliphatic carbocycles. The molecule has 0 amide bonds. The third-order valence-electron chi connectivity index (χ3n) is 2.26. The van der Waals surface area contributed by atoms with Crippen molar-refractivity contribution in [2.24, 2.45) is 0 Å². The average molecular weight is 307 g/mol. The van der Waals surface area contributed by atoms with Crippen molar-refractivity contribution in [1.82, 2.24) is 4.72 Å². The molecule has 0 saturated carbocycles. The summed E-state index contributed by atoms with van der Waals surface area (Å²) in [6.07, 6.45) is 1.04. The van der Waals surface area contributed by atoms with Crippen molar-refractivity contribution < 1.29 is 21.9 Å². The van der Waals surface area contributed by atoms with Gasteiger partial charge in [0, 0.05) is 12.8 Å². The maximum Gasteiger partial charge on any atom is 0.240 e. The maximum absolute atomic E-state index is 11.9. The Morgan fingerprint density at radius 3 is 1.84 bits per heavy atom. The van der Waals surface area contributed by atoms with Gasteiger partial charge in [0.15, 0.2) is 9.84 Å². The fraction of sp³-hybridized carbons (Fsp3) is 0.455. The first kappa shape index (κ1) is 16.1. The van der Waals surface area contributed by atoms with Crippen LogP contribution < -0.4 is 4.72 Å². The third-order valence-corrected chi connectivity index (χ3v) is 4.80. The largest absolute Gasteiger partial charge is 0.389 e. The van der Waals surface area contributed by atoms with Gasteiger partial charge in [-0.1, -0.05) is 0 Å². The van der Waals surface area contributed by atoms with E-state index in [1.165, 1.54) is 38.1 Å². The van der Waals surface area contributed by atoms with Gasteiger partial charge < -0.3 is 5.11 Å². The van der Waals surface area contributed by atoms with E-state index in [1.807, 2.05) is 0 Å². The first-order chi connectivity index (χ1) is 8.42. The zero-order valence-corrected chi connectivity index (χ0v) is 12.5. The van der Waals surface area contributed by atoms with Crippen molar-refractivity contribution in [2.45, 2.75) is 29.2 Å². The molecule has 0 aliphatic heterocycles. The summed E-state index contributed by atoms with van der Waals surface area (Å²) in [5, 5.41) is 9.47. The molecule has 0 bridgehead atoms. The first-order valence-corrected chi connectivity index (χ1v) is 8.81. The predicted molar refractivity (Wildman–Crippen MR) is 71.0 cm³/mol. The Kier molecular flexibility index (Phi) is 4.40. The Morgan fingerprint density at radius 2 is 1.47 bits per heavy atom. The molecule has 2 N–H and O–H groups in total. The van der Waals surface area contributed by atoms with Crippen molar-refractivity contribution in [2.75, 3.05) is 12.8 Å². The highest BCUT2D eigenvalue weighted by Gasteiger charge is 2.20. The number of hydrogen-bond acceptors (Lipinski definition) is 5. The van der Waals surface area contributed by atoms with Gasteiger partial charge in [-0.05, 0) is 38.1 Å². The second-order valence-corrected chi connectivity index (χ2v) is 8.66. The number of sulfone groups is 1. The Labute approximate surface area is 113 Å². The molecule has 0 aromatic heterocycles. The Bertz CT molecular complexity index is 639. The normalized spacial score (nSPS) is 13.5. The van der Waals surface area contributed by atoms with Crippen molar-refractivity contribution in [3.05, 3.63) is 24.3 Å². The van der Waals surface area contributed by atoms with Gasteiger partial charge in [0.05, 0.1) is 15.4 Å². The van der Waals surface area contributed by atoms with Gasteiger partial charge in [0.25, 0.3) is 0 Å². The molecule has 0 aliphatic rings. The van der Waals surface area contributed by atoms with E-state index in [9.17, 15) is 21.9 Å². The summed E-state index contributed by atoms with van der Waals surface area (Å²) in [6, 6.07) is 4.88. The van der Waals surface area contributed by atoms with E-state index in [4.69, 9.17) is 0 Å². The van der Waals surface area contributed by atoms with Crippen LogP contribution in [0.1, 0.15) is 13.8 Å². The van der Waals surface area contributed by atoms with E-state index >= 15 is 0 Å². The van der Waals surface area contributed by atoms with Gasteiger partial charge in [-0.15, -0.1) is 0 Å². The highest BCUT2D eigenvalue weighted by molar-refractivity contribution is 7.90.